The average molecular weight is 208 g/mol. The van der Waals surface area contributed by atoms with E-state index in [1.807, 2.05) is 27.7 Å². The van der Waals surface area contributed by atoms with Crippen molar-refractivity contribution < 1.29 is 4.74 Å². The van der Waals surface area contributed by atoms with Crippen molar-refractivity contribution in [1.29, 1.82) is 0 Å². The van der Waals surface area contributed by atoms with Crippen LogP contribution in [0.5, 0.6) is 5.75 Å². The Morgan fingerprint density at radius 1 is 1.13 bits per heavy atom. The minimum absolute atomic E-state index is 0.367. The van der Waals surface area contributed by atoms with Gasteiger partial charge in [0.2, 0.25) is 0 Å². The van der Waals surface area contributed by atoms with E-state index in [0.29, 0.717) is 6.10 Å². The second-order valence-electron chi connectivity index (χ2n) is 3.20. The van der Waals surface area contributed by atoms with Gasteiger partial charge in [-0.05, 0) is 25.0 Å². The predicted molar refractivity (Wildman–Crippen MR) is 67.7 cm³/mol. The number of hydrogen-bond acceptors (Lipinski definition) is 1. The smallest absolute Gasteiger partial charge is 0.125 e. The molecule has 0 aliphatic carbocycles. The number of benzene rings is 1. The lowest BCUT2D eigenvalue weighted by atomic mass is 10.1. The zero-order valence-corrected chi connectivity index (χ0v) is 10.9. The van der Waals surface area contributed by atoms with Crippen LogP contribution in [-0.4, -0.2) is 6.10 Å². The lowest BCUT2D eigenvalue weighted by molar-refractivity contribution is 0.253. The summed E-state index contributed by atoms with van der Waals surface area (Å²) in [6.45, 7) is 12.2. The first-order chi connectivity index (χ1) is 7.27. The lowest BCUT2D eigenvalue weighted by Crippen LogP contribution is -2.05. The second kappa shape index (κ2) is 7.33. The van der Waals surface area contributed by atoms with Crippen LogP contribution in [0.2, 0.25) is 0 Å². The van der Waals surface area contributed by atoms with Gasteiger partial charge in [0.05, 0.1) is 0 Å². The Bertz CT molecular complexity index is 279. The summed E-state index contributed by atoms with van der Waals surface area (Å²) in [7, 11) is 0. The van der Waals surface area contributed by atoms with Gasteiger partial charge in [-0.25, -0.2) is 0 Å². The third kappa shape index (κ3) is 3.58. The molecule has 0 bridgehead atoms. The predicted octanol–water partition coefficient (Wildman–Crippen LogP) is 4.37. The third-order valence-corrected chi connectivity index (χ3v) is 2.12. The Hall–Kier alpha value is -0.980. The summed E-state index contributed by atoms with van der Waals surface area (Å²) >= 11 is 0. The van der Waals surface area contributed by atoms with Gasteiger partial charge in [0.25, 0.3) is 0 Å². The van der Waals surface area contributed by atoms with Crippen LogP contribution in [-0.2, 0) is 6.42 Å². The molecule has 1 heteroatoms. The molecule has 1 aliphatic rings. The van der Waals surface area contributed by atoms with Gasteiger partial charge in [-0.3, -0.25) is 0 Å². The van der Waals surface area contributed by atoms with Crippen molar-refractivity contribution in [3.8, 4) is 5.75 Å². The molecule has 0 radical (unpaired) electrons. The van der Waals surface area contributed by atoms with Gasteiger partial charge in [0.15, 0.2) is 0 Å². The van der Waals surface area contributed by atoms with E-state index in [0.717, 1.165) is 12.2 Å². The SMILES string of the molecule is CC.CC.Cc1cccc2c1OC(C)C2. The fourth-order valence-corrected chi connectivity index (χ4v) is 1.60. The number of rotatable bonds is 0. The second-order valence-corrected chi connectivity index (χ2v) is 3.20. The Balaban J connectivity index is 0.000000442. The number of hydrogen-bond donors (Lipinski definition) is 0. The Morgan fingerprint density at radius 3 is 2.27 bits per heavy atom. The Kier molecular flexibility index (Phi) is 6.85. The van der Waals surface area contributed by atoms with E-state index >= 15 is 0 Å². The molecule has 1 heterocycles. The summed E-state index contributed by atoms with van der Waals surface area (Å²) in [4.78, 5) is 0. The molecule has 2 rings (SSSR count). The highest BCUT2D eigenvalue weighted by Crippen LogP contribution is 2.31. The maximum absolute atomic E-state index is 5.64. The highest BCUT2D eigenvalue weighted by atomic mass is 16.5. The van der Waals surface area contributed by atoms with Gasteiger partial charge >= 0.3 is 0 Å². The van der Waals surface area contributed by atoms with Crippen molar-refractivity contribution in [3.63, 3.8) is 0 Å². The van der Waals surface area contributed by atoms with Crippen LogP contribution in [0.4, 0.5) is 0 Å². The first kappa shape index (κ1) is 14.0. The Labute approximate surface area is 94.5 Å². The molecule has 0 aromatic heterocycles. The molecule has 1 aliphatic heterocycles. The summed E-state index contributed by atoms with van der Waals surface area (Å²) in [5, 5.41) is 0. The number of ether oxygens (including phenoxy) is 1. The van der Waals surface area contributed by atoms with E-state index in [2.05, 4.69) is 32.0 Å². The molecule has 0 N–H and O–H groups in total. The zero-order valence-electron chi connectivity index (χ0n) is 10.9. The molecule has 0 fully saturated rings. The first-order valence-electron chi connectivity index (χ1n) is 6.02. The molecular formula is C14H24O. The van der Waals surface area contributed by atoms with E-state index in [-0.39, 0.29) is 0 Å². The van der Waals surface area contributed by atoms with Crippen molar-refractivity contribution >= 4 is 0 Å². The van der Waals surface area contributed by atoms with Crippen LogP contribution in [0.25, 0.3) is 0 Å². The van der Waals surface area contributed by atoms with Crippen molar-refractivity contribution in [2.75, 3.05) is 0 Å². The van der Waals surface area contributed by atoms with E-state index in [1.165, 1.54) is 11.1 Å². The Morgan fingerprint density at radius 2 is 1.73 bits per heavy atom. The topological polar surface area (TPSA) is 9.23 Å². The monoisotopic (exact) mass is 208 g/mol. The van der Waals surface area contributed by atoms with Crippen LogP contribution < -0.4 is 4.74 Å². The van der Waals surface area contributed by atoms with Gasteiger partial charge in [-0.2, -0.15) is 0 Å². The van der Waals surface area contributed by atoms with E-state index in [4.69, 9.17) is 4.74 Å². The highest BCUT2D eigenvalue weighted by Gasteiger charge is 2.19. The summed E-state index contributed by atoms with van der Waals surface area (Å²) in [5.41, 5.74) is 2.62. The van der Waals surface area contributed by atoms with E-state index in [1.54, 1.807) is 0 Å². The quantitative estimate of drug-likeness (QED) is 0.615. The van der Waals surface area contributed by atoms with Gasteiger partial charge in [-0.1, -0.05) is 45.9 Å². The molecule has 0 saturated heterocycles. The maximum atomic E-state index is 5.64. The molecule has 1 nitrogen and oxygen atoms in total. The number of para-hydroxylation sites is 1. The van der Waals surface area contributed by atoms with Crippen LogP contribution in [0.15, 0.2) is 18.2 Å². The normalized spacial score (nSPS) is 16.3. The average Bonchev–Trinajstić information content (AvgIpc) is 2.66. The summed E-state index contributed by atoms with van der Waals surface area (Å²) < 4.78 is 5.64. The molecule has 1 unspecified atom stereocenters. The minimum atomic E-state index is 0.367. The molecule has 1 aromatic carbocycles. The lowest BCUT2D eigenvalue weighted by Gasteiger charge is -2.04. The fraction of sp³-hybridized carbons (Fsp3) is 0.571. The first-order valence-corrected chi connectivity index (χ1v) is 6.02. The number of aryl methyl sites for hydroxylation is 1. The summed E-state index contributed by atoms with van der Waals surface area (Å²) in [6, 6.07) is 6.33. The minimum Gasteiger partial charge on any atom is -0.490 e. The van der Waals surface area contributed by atoms with E-state index < -0.39 is 0 Å². The third-order valence-electron chi connectivity index (χ3n) is 2.12. The molecule has 15 heavy (non-hydrogen) atoms. The molecular weight excluding hydrogens is 184 g/mol. The molecule has 0 amide bonds. The zero-order chi connectivity index (χ0) is 11.8. The van der Waals surface area contributed by atoms with Crippen LogP contribution >= 0.6 is 0 Å². The van der Waals surface area contributed by atoms with Gasteiger partial charge in [0.1, 0.15) is 11.9 Å². The van der Waals surface area contributed by atoms with Gasteiger partial charge < -0.3 is 4.74 Å². The van der Waals surface area contributed by atoms with Crippen molar-refractivity contribution in [3.05, 3.63) is 29.3 Å². The van der Waals surface area contributed by atoms with Gasteiger partial charge in [-0.15, -0.1) is 0 Å². The van der Waals surface area contributed by atoms with Crippen molar-refractivity contribution in [2.24, 2.45) is 0 Å². The molecule has 1 atom stereocenters. The summed E-state index contributed by atoms with van der Waals surface area (Å²) in [6.07, 6.45) is 1.43. The molecule has 1 aromatic rings. The number of fused-ring (bicyclic) bond motifs is 1. The highest BCUT2D eigenvalue weighted by molar-refractivity contribution is 5.43. The maximum Gasteiger partial charge on any atom is 0.125 e. The molecule has 0 spiro atoms. The summed E-state index contributed by atoms with van der Waals surface area (Å²) in [5.74, 6) is 1.11. The van der Waals surface area contributed by atoms with Crippen LogP contribution in [0.1, 0.15) is 45.7 Å². The van der Waals surface area contributed by atoms with Crippen LogP contribution in [0, 0.1) is 6.92 Å². The van der Waals surface area contributed by atoms with E-state index in [9.17, 15) is 0 Å². The molecule has 0 saturated carbocycles. The van der Waals surface area contributed by atoms with Crippen molar-refractivity contribution in [2.45, 2.75) is 54.1 Å². The van der Waals surface area contributed by atoms with Crippen LogP contribution in [0.3, 0.4) is 0 Å². The largest absolute Gasteiger partial charge is 0.490 e. The van der Waals surface area contributed by atoms with Crippen molar-refractivity contribution in [1.82, 2.24) is 0 Å². The fourth-order valence-electron chi connectivity index (χ4n) is 1.60. The van der Waals surface area contributed by atoms with Gasteiger partial charge in [0, 0.05) is 6.42 Å². The standard InChI is InChI=1S/C10H12O.2C2H6/c1-7-4-3-5-9-6-8(2)11-10(7)9;2*1-2/h3-5,8H,6H2,1-2H3;2*1-2H3. The molecule has 86 valence electrons.